The minimum absolute atomic E-state index is 0.195. The summed E-state index contributed by atoms with van der Waals surface area (Å²) in [5.74, 6) is -0.195. The van der Waals surface area contributed by atoms with Gasteiger partial charge in [-0.1, -0.05) is 12.1 Å². The van der Waals surface area contributed by atoms with Crippen molar-refractivity contribution in [3.63, 3.8) is 0 Å². The zero-order valence-electron chi connectivity index (χ0n) is 9.67. The molecule has 4 heteroatoms. The fourth-order valence-electron chi connectivity index (χ4n) is 1.57. The van der Waals surface area contributed by atoms with E-state index >= 15 is 0 Å². The highest BCUT2D eigenvalue weighted by molar-refractivity contribution is 5.72. The van der Waals surface area contributed by atoms with Gasteiger partial charge in [-0.25, -0.2) is 4.68 Å². The van der Waals surface area contributed by atoms with Gasteiger partial charge >= 0.3 is 5.97 Å². The first-order valence-electron chi connectivity index (χ1n) is 5.54. The molecule has 0 atom stereocenters. The predicted octanol–water partition coefficient (Wildman–Crippen LogP) is 1.98. The van der Waals surface area contributed by atoms with Crippen LogP contribution in [-0.4, -0.2) is 22.4 Å². The zero-order valence-corrected chi connectivity index (χ0v) is 9.67. The zero-order chi connectivity index (χ0) is 12.1. The summed E-state index contributed by atoms with van der Waals surface area (Å²) in [5, 5.41) is 4.13. The van der Waals surface area contributed by atoms with Crippen molar-refractivity contribution in [1.29, 1.82) is 0 Å². The van der Waals surface area contributed by atoms with E-state index in [-0.39, 0.29) is 5.97 Å². The van der Waals surface area contributed by atoms with Gasteiger partial charge in [0.2, 0.25) is 0 Å². The first kappa shape index (κ1) is 11.4. The van der Waals surface area contributed by atoms with E-state index in [2.05, 4.69) is 5.10 Å². The van der Waals surface area contributed by atoms with Crippen LogP contribution < -0.4 is 0 Å². The molecule has 0 saturated carbocycles. The van der Waals surface area contributed by atoms with Gasteiger partial charge in [-0.05, 0) is 30.7 Å². The van der Waals surface area contributed by atoms with E-state index in [9.17, 15) is 4.79 Å². The van der Waals surface area contributed by atoms with Crippen molar-refractivity contribution in [1.82, 2.24) is 9.78 Å². The van der Waals surface area contributed by atoms with E-state index in [1.165, 1.54) is 0 Å². The maximum absolute atomic E-state index is 11.3. The average Bonchev–Trinajstić information content (AvgIpc) is 2.84. The predicted molar refractivity (Wildman–Crippen MR) is 63.9 cm³/mol. The summed E-state index contributed by atoms with van der Waals surface area (Å²) in [5.41, 5.74) is 1.92. The fraction of sp³-hybridized carbons (Fsp3) is 0.231. The summed E-state index contributed by atoms with van der Waals surface area (Å²) in [7, 11) is 0. The lowest BCUT2D eigenvalue weighted by Crippen LogP contribution is -2.07. The summed E-state index contributed by atoms with van der Waals surface area (Å²) < 4.78 is 6.66. The van der Waals surface area contributed by atoms with E-state index in [1.54, 1.807) is 17.8 Å². The number of esters is 1. The minimum atomic E-state index is -0.195. The molecule has 4 nitrogen and oxygen atoms in total. The molecule has 2 aromatic rings. The number of benzene rings is 1. The van der Waals surface area contributed by atoms with Crippen LogP contribution in [0.3, 0.4) is 0 Å². The Morgan fingerprint density at radius 3 is 2.71 bits per heavy atom. The molecule has 0 N–H and O–H groups in total. The molecule has 0 fully saturated rings. The maximum atomic E-state index is 11.3. The van der Waals surface area contributed by atoms with Gasteiger partial charge < -0.3 is 4.74 Å². The Hall–Kier alpha value is -2.10. The van der Waals surface area contributed by atoms with Gasteiger partial charge in [-0.2, -0.15) is 5.10 Å². The Balaban J connectivity index is 2.06. The molecule has 1 heterocycles. The third-order valence-corrected chi connectivity index (χ3v) is 2.36. The second kappa shape index (κ2) is 5.30. The van der Waals surface area contributed by atoms with Gasteiger partial charge in [0.1, 0.15) is 0 Å². The first-order chi connectivity index (χ1) is 8.29. The Morgan fingerprint density at radius 1 is 1.35 bits per heavy atom. The standard InChI is InChI=1S/C13H14N2O2/c1-2-17-13(16)10-11-4-6-12(7-5-11)15-9-3-8-14-15/h3-9H,2,10H2,1H3. The quantitative estimate of drug-likeness (QED) is 0.754. The van der Waals surface area contributed by atoms with E-state index in [1.807, 2.05) is 36.5 Å². The molecule has 1 aromatic carbocycles. The van der Waals surface area contributed by atoms with Gasteiger partial charge in [0.15, 0.2) is 0 Å². The lowest BCUT2D eigenvalue weighted by Gasteiger charge is -2.04. The molecule has 0 saturated heterocycles. The number of nitrogens with zero attached hydrogens (tertiary/aromatic N) is 2. The van der Waals surface area contributed by atoms with Crippen molar-refractivity contribution in [3.8, 4) is 5.69 Å². The van der Waals surface area contributed by atoms with Gasteiger partial charge in [-0.3, -0.25) is 4.79 Å². The van der Waals surface area contributed by atoms with Gasteiger partial charge in [0, 0.05) is 12.4 Å². The van der Waals surface area contributed by atoms with Crippen molar-refractivity contribution in [2.24, 2.45) is 0 Å². The van der Waals surface area contributed by atoms with Crippen LogP contribution in [0.15, 0.2) is 42.7 Å². The molecule has 0 amide bonds. The van der Waals surface area contributed by atoms with E-state index in [0.717, 1.165) is 11.3 Å². The van der Waals surface area contributed by atoms with E-state index in [4.69, 9.17) is 4.74 Å². The van der Waals surface area contributed by atoms with Crippen LogP contribution in [0.25, 0.3) is 5.69 Å². The topological polar surface area (TPSA) is 44.1 Å². The molecular formula is C13H14N2O2. The van der Waals surface area contributed by atoms with Crippen LogP contribution in [0.4, 0.5) is 0 Å². The summed E-state index contributed by atoms with van der Waals surface area (Å²) in [4.78, 5) is 11.3. The number of rotatable bonds is 4. The van der Waals surface area contributed by atoms with E-state index < -0.39 is 0 Å². The van der Waals surface area contributed by atoms with E-state index in [0.29, 0.717) is 13.0 Å². The third kappa shape index (κ3) is 2.93. The summed E-state index contributed by atoms with van der Waals surface area (Å²) in [6.45, 7) is 2.23. The number of hydrogen-bond donors (Lipinski definition) is 0. The minimum Gasteiger partial charge on any atom is -0.466 e. The highest BCUT2D eigenvalue weighted by Gasteiger charge is 2.04. The molecule has 0 spiro atoms. The Kier molecular flexibility index (Phi) is 3.55. The van der Waals surface area contributed by atoms with Gasteiger partial charge in [0.05, 0.1) is 18.7 Å². The second-order valence-electron chi connectivity index (χ2n) is 3.60. The average molecular weight is 230 g/mol. The number of carbonyl (C=O) groups excluding carboxylic acids is 1. The van der Waals surface area contributed by atoms with Crippen LogP contribution >= 0.6 is 0 Å². The van der Waals surface area contributed by atoms with Crippen molar-refractivity contribution >= 4 is 5.97 Å². The molecule has 0 aliphatic carbocycles. The number of aromatic nitrogens is 2. The maximum Gasteiger partial charge on any atom is 0.310 e. The lowest BCUT2D eigenvalue weighted by molar-refractivity contribution is -0.142. The van der Waals surface area contributed by atoms with Crippen LogP contribution in [0.2, 0.25) is 0 Å². The Bertz CT molecular complexity index is 475. The molecule has 0 bridgehead atoms. The molecular weight excluding hydrogens is 216 g/mol. The van der Waals surface area contributed by atoms with Gasteiger partial charge in [-0.15, -0.1) is 0 Å². The second-order valence-corrected chi connectivity index (χ2v) is 3.60. The van der Waals surface area contributed by atoms with Crippen LogP contribution in [0, 0.1) is 0 Å². The van der Waals surface area contributed by atoms with Crippen molar-refractivity contribution < 1.29 is 9.53 Å². The normalized spacial score (nSPS) is 10.2. The highest BCUT2D eigenvalue weighted by atomic mass is 16.5. The molecule has 17 heavy (non-hydrogen) atoms. The van der Waals surface area contributed by atoms with Crippen molar-refractivity contribution in [2.45, 2.75) is 13.3 Å². The van der Waals surface area contributed by atoms with Gasteiger partial charge in [0.25, 0.3) is 0 Å². The lowest BCUT2D eigenvalue weighted by atomic mass is 10.1. The fourth-order valence-corrected chi connectivity index (χ4v) is 1.57. The molecule has 0 aliphatic rings. The van der Waals surface area contributed by atoms with Crippen LogP contribution in [0.1, 0.15) is 12.5 Å². The Morgan fingerprint density at radius 2 is 2.12 bits per heavy atom. The number of ether oxygens (including phenoxy) is 1. The Labute approximate surface area is 99.8 Å². The van der Waals surface area contributed by atoms with Crippen LogP contribution in [-0.2, 0) is 16.0 Å². The summed E-state index contributed by atoms with van der Waals surface area (Å²) >= 11 is 0. The summed E-state index contributed by atoms with van der Waals surface area (Å²) in [6, 6.07) is 9.55. The van der Waals surface area contributed by atoms with Crippen molar-refractivity contribution in [3.05, 3.63) is 48.3 Å². The molecule has 1 aromatic heterocycles. The van der Waals surface area contributed by atoms with Crippen molar-refractivity contribution in [2.75, 3.05) is 6.61 Å². The number of hydrogen-bond acceptors (Lipinski definition) is 3. The monoisotopic (exact) mass is 230 g/mol. The summed E-state index contributed by atoms with van der Waals surface area (Å²) in [6.07, 6.45) is 3.92. The molecule has 0 unspecified atom stereocenters. The molecule has 0 radical (unpaired) electrons. The highest BCUT2D eigenvalue weighted by Crippen LogP contribution is 2.09. The first-order valence-corrected chi connectivity index (χ1v) is 5.54. The molecule has 2 rings (SSSR count). The molecule has 0 aliphatic heterocycles. The smallest absolute Gasteiger partial charge is 0.310 e. The van der Waals surface area contributed by atoms with Crippen LogP contribution in [0.5, 0.6) is 0 Å². The largest absolute Gasteiger partial charge is 0.466 e. The SMILES string of the molecule is CCOC(=O)Cc1ccc(-n2cccn2)cc1. The third-order valence-electron chi connectivity index (χ3n) is 2.36. The number of carbonyl (C=O) groups is 1. The molecule has 88 valence electrons.